The number of benzene rings is 3. The lowest BCUT2D eigenvalue weighted by Gasteiger charge is -2.32. The van der Waals surface area contributed by atoms with Crippen LogP contribution >= 0.6 is 6.89 Å². The van der Waals surface area contributed by atoms with Gasteiger partial charge in [-0.1, -0.05) is 98.3 Å². The molecule has 5 rings (SSSR count). The number of carbonyl (C=O) groups excluding carboxylic acids is 3. The van der Waals surface area contributed by atoms with Gasteiger partial charge in [-0.15, -0.1) is 0 Å². The molecule has 44 heavy (non-hydrogen) atoms. The third-order valence-electron chi connectivity index (χ3n) is 8.07. The first kappa shape index (κ1) is 30.8. The Bertz CT molecular complexity index is 1780. The first-order valence-electron chi connectivity index (χ1n) is 14.4. The first-order valence-corrected chi connectivity index (χ1v) is 16.2. The molecule has 1 unspecified atom stereocenters. The van der Waals surface area contributed by atoms with Gasteiger partial charge < -0.3 is 18.9 Å². The fourth-order valence-electron chi connectivity index (χ4n) is 6.33. The Morgan fingerprint density at radius 3 is 1.80 bits per heavy atom. The molecular weight excluding hydrogens is 575 g/mol. The van der Waals surface area contributed by atoms with Crippen LogP contribution in [0.2, 0.25) is 0 Å². The van der Waals surface area contributed by atoms with Gasteiger partial charge in [-0.05, 0) is 52.4 Å². The van der Waals surface area contributed by atoms with E-state index in [4.69, 9.17) is 18.9 Å². The van der Waals surface area contributed by atoms with E-state index in [1.54, 1.807) is 0 Å². The van der Waals surface area contributed by atoms with Crippen LogP contribution in [0.25, 0.3) is 10.9 Å². The summed E-state index contributed by atoms with van der Waals surface area (Å²) in [5, 5.41) is 3.40. The highest BCUT2D eigenvalue weighted by molar-refractivity contribution is 7.99. The van der Waals surface area contributed by atoms with Crippen LogP contribution in [0.4, 0.5) is 0 Å². The second-order valence-electron chi connectivity index (χ2n) is 10.3. The van der Waals surface area contributed by atoms with Crippen molar-refractivity contribution in [3.05, 3.63) is 119 Å². The second-order valence-corrected chi connectivity index (χ2v) is 13.5. The molecule has 0 amide bonds. The molecule has 3 aromatic carbocycles. The van der Waals surface area contributed by atoms with E-state index >= 15 is 0 Å². The quantitative estimate of drug-likeness (QED) is 0.176. The van der Waals surface area contributed by atoms with Crippen molar-refractivity contribution in [1.82, 2.24) is 0 Å². The largest absolute Gasteiger partial charge is 0.495 e. The van der Waals surface area contributed by atoms with Gasteiger partial charge in [0.15, 0.2) is 0 Å². The Balaban J connectivity index is 2.19. The Morgan fingerprint density at radius 2 is 1.20 bits per heavy atom. The molecule has 0 radical (unpaired) electrons. The molecule has 1 heterocycles. The van der Waals surface area contributed by atoms with Crippen molar-refractivity contribution in [3.8, 4) is 0 Å². The Kier molecular flexibility index (Phi) is 9.07. The molecule has 226 valence electrons. The number of hydrogen-bond acceptors (Lipinski definition) is 7. The van der Waals surface area contributed by atoms with Crippen molar-refractivity contribution in [2.45, 2.75) is 26.2 Å². The van der Waals surface area contributed by atoms with E-state index in [0.717, 1.165) is 51.9 Å². The smallest absolute Gasteiger partial charge is 0.342 e. The van der Waals surface area contributed by atoms with Crippen LogP contribution in [0.3, 0.4) is 0 Å². The van der Waals surface area contributed by atoms with Gasteiger partial charge in [0.1, 0.15) is 11.3 Å². The second kappa shape index (κ2) is 12.9. The van der Waals surface area contributed by atoms with Crippen LogP contribution < -0.4 is 10.6 Å². The SMILES string of the molecule is CCCCC1=C(c2ccccc2)P(=C2C(OC)=C(C(=O)OC)C(C(=O)OC)=C2C(=O)OC)(c2ccccc2)c2ccccc21. The van der Waals surface area contributed by atoms with Crippen molar-refractivity contribution in [3.63, 3.8) is 0 Å². The minimum Gasteiger partial charge on any atom is -0.495 e. The number of methoxy groups -OCH3 is 4. The molecule has 0 spiro atoms. The average Bonchev–Trinajstić information content (AvgIpc) is 3.58. The fourth-order valence-corrected chi connectivity index (χ4v) is 11.6. The monoisotopic (exact) mass is 610 g/mol. The maximum Gasteiger partial charge on any atom is 0.342 e. The van der Waals surface area contributed by atoms with Gasteiger partial charge in [-0.25, -0.2) is 14.4 Å². The Morgan fingerprint density at radius 1 is 0.659 bits per heavy atom. The van der Waals surface area contributed by atoms with E-state index in [1.165, 1.54) is 28.4 Å². The molecule has 1 aliphatic heterocycles. The van der Waals surface area contributed by atoms with Crippen LogP contribution in [0.1, 0.15) is 37.3 Å². The summed E-state index contributed by atoms with van der Waals surface area (Å²) in [4.78, 5) is 41.0. The number of hydrogen-bond donors (Lipinski definition) is 0. The normalized spacial score (nSPS) is 17.5. The number of rotatable bonds is 9. The van der Waals surface area contributed by atoms with Crippen molar-refractivity contribution in [2.24, 2.45) is 0 Å². The van der Waals surface area contributed by atoms with Gasteiger partial charge in [0.2, 0.25) is 0 Å². The summed E-state index contributed by atoms with van der Waals surface area (Å²) in [6.07, 6.45) is 2.71. The lowest BCUT2D eigenvalue weighted by Crippen LogP contribution is -2.27. The lowest BCUT2D eigenvalue weighted by molar-refractivity contribution is -0.140. The van der Waals surface area contributed by atoms with Gasteiger partial charge in [-0.3, -0.25) is 0 Å². The van der Waals surface area contributed by atoms with Crippen LogP contribution in [0, 0.1) is 0 Å². The third-order valence-corrected chi connectivity index (χ3v) is 12.6. The van der Waals surface area contributed by atoms with Gasteiger partial charge in [0.25, 0.3) is 0 Å². The van der Waals surface area contributed by atoms with Gasteiger partial charge in [0.05, 0.1) is 39.6 Å². The molecule has 1 aliphatic carbocycles. The maximum atomic E-state index is 14.0. The summed E-state index contributed by atoms with van der Waals surface area (Å²) in [6.45, 7) is -0.940. The van der Waals surface area contributed by atoms with Crippen LogP contribution in [0.15, 0.2) is 107 Å². The highest BCUT2D eigenvalue weighted by atomic mass is 31.2. The summed E-state index contributed by atoms with van der Waals surface area (Å²) < 4.78 is 21.8. The Labute approximate surface area is 257 Å². The fraction of sp³-hybridized carbons (Fsp3) is 0.222. The van der Waals surface area contributed by atoms with Crippen LogP contribution in [-0.2, 0) is 33.3 Å². The van der Waals surface area contributed by atoms with Crippen molar-refractivity contribution >= 4 is 51.6 Å². The predicted octanol–water partition coefficient (Wildman–Crippen LogP) is 5.63. The molecule has 0 saturated carbocycles. The number of carbonyl (C=O) groups is 3. The molecule has 0 bridgehead atoms. The predicted molar refractivity (Wildman–Crippen MR) is 174 cm³/mol. The summed E-state index contributed by atoms with van der Waals surface area (Å²) in [7, 11) is 5.11. The third kappa shape index (κ3) is 4.72. The molecule has 0 aromatic heterocycles. The molecule has 0 saturated heterocycles. The Hall–Kier alpha value is -4.61. The number of fused-ring (bicyclic) bond motifs is 1. The topological polar surface area (TPSA) is 88.1 Å². The van der Waals surface area contributed by atoms with Crippen LogP contribution in [-0.4, -0.2) is 51.6 Å². The minimum absolute atomic E-state index is 0.0613. The average molecular weight is 611 g/mol. The van der Waals surface area contributed by atoms with Gasteiger partial charge >= 0.3 is 17.9 Å². The maximum absolute atomic E-state index is 14.0. The van der Waals surface area contributed by atoms with E-state index in [2.05, 4.69) is 31.2 Å². The summed E-state index contributed by atoms with van der Waals surface area (Å²) in [6, 6.07) is 28.2. The van der Waals surface area contributed by atoms with E-state index in [1.807, 2.05) is 60.7 Å². The van der Waals surface area contributed by atoms with Crippen molar-refractivity contribution in [2.75, 3.05) is 28.4 Å². The van der Waals surface area contributed by atoms with E-state index in [0.29, 0.717) is 5.29 Å². The molecule has 8 heteroatoms. The standard InChI is InChI=1S/C36H35O7P/c1-6-7-20-26-25-21-14-15-22-27(25)44(24-18-12-9-13-19-24,32(26)23-16-10-8-11-17-23)33-30(36(39)43-5)28(34(37)41-3)29(31(33)40-2)35(38)42-4/h8-19,21-22H,6-7,20H2,1-5H3. The van der Waals surface area contributed by atoms with Crippen LogP contribution in [0.5, 0.6) is 0 Å². The van der Waals surface area contributed by atoms with Gasteiger partial charge in [0, 0.05) is 5.29 Å². The zero-order chi connectivity index (χ0) is 31.4. The number of allylic oxidation sites excluding steroid dienone is 2. The lowest BCUT2D eigenvalue weighted by atomic mass is 9.98. The zero-order valence-electron chi connectivity index (χ0n) is 25.5. The first-order chi connectivity index (χ1) is 21.4. The molecule has 0 fully saturated rings. The number of esters is 3. The highest BCUT2D eigenvalue weighted by Crippen LogP contribution is 2.69. The number of unbranched alkanes of at least 4 members (excludes halogenated alkanes) is 1. The highest BCUT2D eigenvalue weighted by Gasteiger charge is 2.51. The minimum atomic E-state index is -3.10. The van der Waals surface area contributed by atoms with Crippen molar-refractivity contribution < 1.29 is 33.3 Å². The summed E-state index contributed by atoms with van der Waals surface area (Å²) in [5.41, 5.74) is 2.73. The number of ether oxygens (including phenoxy) is 4. The zero-order valence-corrected chi connectivity index (χ0v) is 26.4. The van der Waals surface area contributed by atoms with Crippen molar-refractivity contribution in [1.29, 1.82) is 0 Å². The molecule has 1 atom stereocenters. The van der Waals surface area contributed by atoms with Gasteiger partial charge in [-0.2, -0.15) is 0 Å². The van der Waals surface area contributed by atoms with E-state index in [9.17, 15) is 14.4 Å². The molecular formula is C36H35O7P. The van der Waals surface area contributed by atoms with E-state index < -0.39 is 24.8 Å². The molecule has 0 N–H and O–H groups in total. The molecule has 2 aliphatic rings. The molecule has 7 nitrogen and oxygen atoms in total. The summed E-state index contributed by atoms with van der Waals surface area (Å²) in [5.74, 6) is -2.38. The summed E-state index contributed by atoms with van der Waals surface area (Å²) >= 11 is 0. The molecule has 3 aromatic rings. The van der Waals surface area contributed by atoms with E-state index in [-0.39, 0.29) is 22.5 Å².